The Kier molecular flexibility index (Phi) is 4.23. The summed E-state index contributed by atoms with van der Waals surface area (Å²) in [6, 6.07) is 7.25. The summed E-state index contributed by atoms with van der Waals surface area (Å²) in [7, 11) is 0. The van der Waals surface area contributed by atoms with Gasteiger partial charge in [-0.25, -0.2) is 0 Å². The summed E-state index contributed by atoms with van der Waals surface area (Å²) in [6.07, 6.45) is 6.89. The van der Waals surface area contributed by atoms with Gasteiger partial charge < -0.3 is 10.2 Å². The SMILES string of the molecule is O=C(Nc1cccnc1)[C@H]1CCCN(c2nnc3ccc(Cl)cn23)C1. The molecule has 0 unspecified atom stereocenters. The molecule has 3 aromatic heterocycles. The molecular formula is C17H17ClN6O. The van der Waals surface area contributed by atoms with E-state index in [2.05, 4.69) is 25.4 Å². The van der Waals surface area contributed by atoms with Crippen LogP contribution < -0.4 is 10.2 Å². The summed E-state index contributed by atoms with van der Waals surface area (Å²) in [5, 5.41) is 12.0. The lowest BCUT2D eigenvalue weighted by molar-refractivity contribution is -0.120. The van der Waals surface area contributed by atoms with Crippen molar-refractivity contribution in [3.05, 3.63) is 47.9 Å². The zero-order chi connectivity index (χ0) is 17.2. The Balaban J connectivity index is 1.52. The molecule has 0 radical (unpaired) electrons. The minimum atomic E-state index is -0.111. The molecule has 7 nitrogen and oxygen atoms in total. The highest BCUT2D eigenvalue weighted by Gasteiger charge is 2.28. The maximum absolute atomic E-state index is 12.6. The number of piperidine rings is 1. The number of pyridine rings is 2. The average molecular weight is 357 g/mol. The second-order valence-electron chi connectivity index (χ2n) is 6.09. The van der Waals surface area contributed by atoms with E-state index in [1.807, 2.05) is 16.5 Å². The Morgan fingerprint density at radius 3 is 3.04 bits per heavy atom. The number of anilines is 2. The Morgan fingerprint density at radius 2 is 2.20 bits per heavy atom. The maximum atomic E-state index is 12.6. The summed E-state index contributed by atoms with van der Waals surface area (Å²) >= 11 is 6.09. The number of nitrogens with one attached hydrogen (secondary N) is 1. The molecule has 128 valence electrons. The number of halogens is 1. The van der Waals surface area contributed by atoms with Crippen LogP contribution in [0.1, 0.15) is 12.8 Å². The summed E-state index contributed by atoms with van der Waals surface area (Å²) in [4.78, 5) is 18.7. The van der Waals surface area contributed by atoms with E-state index in [1.165, 1.54) is 0 Å². The van der Waals surface area contributed by atoms with Crippen molar-refractivity contribution in [1.29, 1.82) is 0 Å². The smallest absolute Gasteiger partial charge is 0.231 e. The van der Waals surface area contributed by atoms with E-state index in [9.17, 15) is 4.79 Å². The van der Waals surface area contributed by atoms with Gasteiger partial charge in [-0.1, -0.05) is 11.6 Å². The Bertz CT molecular complexity index is 897. The predicted molar refractivity (Wildman–Crippen MR) is 95.8 cm³/mol. The van der Waals surface area contributed by atoms with Crippen molar-refractivity contribution in [3.63, 3.8) is 0 Å². The normalized spacial score (nSPS) is 17.6. The van der Waals surface area contributed by atoms with Gasteiger partial charge in [-0.15, -0.1) is 10.2 Å². The molecule has 1 N–H and O–H groups in total. The average Bonchev–Trinajstić information content (AvgIpc) is 3.05. The first-order chi connectivity index (χ1) is 12.2. The van der Waals surface area contributed by atoms with Crippen LogP contribution in [0.25, 0.3) is 5.65 Å². The van der Waals surface area contributed by atoms with Crippen LogP contribution in [0, 0.1) is 5.92 Å². The highest BCUT2D eigenvalue weighted by atomic mass is 35.5. The molecule has 3 aromatic rings. The minimum absolute atomic E-state index is 0.00422. The van der Waals surface area contributed by atoms with E-state index in [0.717, 1.165) is 31.0 Å². The lowest BCUT2D eigenvalue weighted by Gasteiger charge is -2.31. The number of rotatable bonds is 3. The molecular weight excluding hydrogens is 340 g/mol. The summed E-state index contributed by atoms with van der Waals surface area (Å²) in [6.45, 7) is 1.43. The van der Waals surface area contributed by atoms with Crippen molar-refractivity contribution in [1.82, 2.24) is 19.6 Å². The van der Waals surface area contributed by atoms with Crippen molar-refractivity contribution in [3.8, 4) is 0 Å². The largest absolute Gasteiger partial charge is 0.340 e. The van der Waals surface area contributed by atoms with Gasteiger partial charge in [0.1, 0.15) is 0 Å². The molecule has 1 aliphatic rings. The Labute approximate surface area is 149 Å². The van der Waals surface area contributed by atoms with E-state index >= 15 is 0 Å². The van der Waals surface area contributed by atoms with Crippen molar-refractivity contribution < 1.29 is 4.79 Å². The molecule has 25 heavy (non-hydrogen) atoms. The molecule has 1 saturated heterocycles. The standard InChI is InChI=1S/C17H17ClN6O/c18-13-5-6-15-21-22-17(24(15)11-13)23-8-2-3-12(10-23)16(25)20-14-4-1-7-19-9-14/h1,4-7,9,11-12H,2-3,8,10H2,(H,20,25)/t12-/m0/s1. The summed E-state index contributed by atoms with van der Waals surface area (Å²) in [5.74, 6) is 0.612. The van der Waals surface area contributed by atoms with Crippen molar-refractivity contribution in [2.45, 2.75) is 12.8 Å². The van der Waals surface area contributed by atoms with Gasteiger partial charge in [-0.05, 0) is 37.1 Å². The molecule has 1 aliphatic heterocycles. The Hall–Kier alpha value is -2.67. The number of nitrogens with zero attached hydrogens (tertiary/aromatic N) is 5. The third-order valence-corrected chi connectivity index (χ3v) is 4.58. The number of carbonyl (C=O) groups excluding carboxylic acids is 1. The van der Waals surface area contributed by atoms with Crippen LogP contribution in [-0.2, 0) is 4.79 Å². The van der Waals surface area contributed by atoms with Gasteiger partial charge in [0.25, 0.3) is 0 Å². The number of hydrogen-bond donors (Lipinski definition) is 1. The molecule has 0 aliphatic carbocycles. The molecule has 8 heteroatoms. The number of aromatic nitrogens is 4. The minimum Gasteiger partial charge on any atom is -0.340 e. The van der Waals surface area contributed by atoms with Crippen LogP contribution in [0.2, 0.25) is 5.02 Å². The molecule has 4 rings (SSSR count). The van der Waals surface area contributed by atoms with Crippen molar-refractivity contribution in [2.24, 2.45) is 5.92 Å². The fourth-order valence-electron chi connectivity index (χ4n) is 3.12. The second-order valence-corrected chi connectivity index (χ2v) is 6.53. The number of carbonyl (C=O) groups is 1. The van der Waals surface area contributed by atoms with Gasteiger partial charge >= 0.3 is 0 Å². The quantitative estimate of drug-likeness (QED) is 0.780. The third kappa shape index (κ3) is 3.28. The van der Waals surface area contributed by atoms with E-state index in [-0.39, 0.29) is 11.8 Å². The van der Waals surface area contributed by atoms with Crippen LogP contribution in [0.4, 0.5) is 11.6 Å². The van der Waals surface area contributed by atoms with E-state index in [1.54, 1.807) is 30.7 Å². The molecule has 0 saturated carbocycles. The van der Waals surface area contributed by atoms with Crippen LogP contribution in [0.15, 0.2) is 42.9 Å². The zero-order valence-corrected chi connectivity index (χ0v) is 14.2. The van der Waals surface area contributed by atoms with Crippen LogP contribution >= 0.6 is 11.6 Å². The van der Waals surface area contributed by atoms with E-state index in [4.69, 9.17) is 11.6 Å². The van der Waals surface area contributed by atoms with Crippen LogP contribution in [0.3, 0.4) is 0 Å². The van der Waals surface area contributed by atoms with E-state index < -0.39 is 0 Å². The maximum Gasteiger partial charge on any atom is 0.231 e. The van der Waals surface area contributed by atoms with Gasteiger partial charge in [0.15, 0.2) is 5.65 Å². The van der Waals surface area contributed by atoms with Gasteiger partial charge in [0.2, 0.25) is 11.9 Å². The van der Waals surface area contributed by atoms with Gasteiger partial charge in [-0.3, -0.25) is 14.2 Å². The molecule has 1 amide bonds. The molecule has 1 fully saturated rings. The molecule has 0 aromatic carbocycles. The lowest BCUT2D eigenvalue weighted by atomic mass is 9.97. The predicted octanol–water partition coefficient (Wildman–Crippen LogP) is 2.63. The summed E-state index contributed by atoms with van der Waals surface area (Å²) in [5.41, 5.74) is 1.45. The number of amides is 1. The van der Waals surface area contributed by atoms with Crippen molar-refractivity contribution >= 4 is 34.8 Å². The lowest BCUT2D eigenvalue weighted by Crippen LogP contribution is -2.41. The number of fused-ring (bicyclic) bond motifs is 1. The number of hydrogen-bond acceptors (Lipinski definition) is 5. The van der Waals surface area contributed by atoms with Gasteiger partial charge in [0, 0.05) is 25.5 Å². The van der Waals surface area contributed by atoms with Crippen molar-refractivity contribution in [2.75, 3.05) is 23.3 Å². The zero-order valence-electron chi connectivity index (χ0n) is 13.5. The first kappa shape index (κ1) is 15.8. The molecule has 0 bridgehead atoms. The fraction of sp³-hybridized carbons (Fsp3) is 0.294. The monoisotopic (exact) mass is 356 g/mol. The highest BCUT2D eigenvalue weighted by molar-refractivity contribution is 6.30. The van der Waals surface area contributed by atoms with Gasteiger partial charge in [0.05, 0.1) is 22.8 Å². The Morgan fingerprint density at radius 1 is 1.28 bits per heavy atom. The van der Waals surface area contributed by atoms with Gasteiger partial charge in [-0.2, -0.15) is 0 Å². The first-order valence-corrected chi connectivity index (χ1v) is 8.54. The van der Waals surface area contributed by atoms with Crippen LogP contribution in [-0.4, -0.2) is 38.6 Å². The van der Waals surface area contributed by atoms with Crippen LogP contribution in [0.5, 0.6) is 0 Å². The topological polar surface area (TPSA) is 75.4 Å². The fourth-order valence-corrected chi connectivity index (χ4v) is 3.28. The molecule has 1 atom stereocenters. The molecule has 0 spiro atoms. The third-order valence-electron chi connectivity index (χ3n) is 4.35. The highest BCUT2D eigenvalue weighted by Crippen LogP contribution is 2.24. The summed E-state index contributed by atoms with van der Waals surface area (Å²) < 4.78 is 1.86. The first-order valence-electron chi connectivity index (χ1n) is 8.17. The molecule has 4 heterocycles. The second kappa shape index (κ2) is 6.68. The van der Waals surface area contributed by atoms with E-state index in [0.29, 0.717) is 17.3 Å².